The van der Waals surface area contributed by atoms with Crippen LogP contribution >= 0.6 is 8.18 Å². The molecule has 0 aliphatic rings. The van der Waals surface area contributed by atoms with Gasteiger partial charge in [0.25, 0.3) is 0 Å². The van der Waals surface area contributed by atoms with E-state index in [1.165, 1.54) is 0 Å². The number of ether oxygens (including phenoxy) is 1. The van der Waals surface area contributed by atoms with Gasteiger partial charge in [-0.3, -0.25) is 9.36 Å². The minimum absolute atomic E-state index is 0.197. The van der Waals surface area contributed by atoms with Crippen molar-refractivity contribution in [1.82, 2.24) is 5.09 Å². The highest BCUT2D eigenvalue weighted by atomic mass is 31.1. The van der Waals surface area contributed by atoms with Gasteiger partial charge in [-0.05, 0) is 39.8 Å². The van der Waals surface area contributed by atoms with Gasteiger partial charge < -0.3 is 9.26 Å². The Morgan fingerprint density at radius 3 is 2.32 bits per heavy atom. The van der Waals surface area contributed by atoms with Crippen LogP contribution in [0, 0.1) is 6.92 Å². The number of rotatable bonds is 6. The smallest absolute Gasteiger partial charge is 0.323 e. The molecule has 0 radical (unpaired) electrons. The van der Waals surface area contributed by atoms with Crippen molar-refractivity contribution in [3.8, 4) is 5.75 Å². The van der Waals surface area contributed by atoms with Gasteiger partial charge in [0.05, 0.1) is 6.10 Å². The molecule has 1 unspecified atom stereocenters. The molecule has 1 aromatic carbocycles. The highest BCUT2D eigenvalue weighted by molar-refractivity contribution is 7.37. The predicted molar refractivity (Wildman–Crippen MR) is 74.6 cm³/mol. The van der Waals surface area contributed by atoms with E-state index in [1.54, 1.807) is 32.9 Å². The fraction of sp³-hybridized carbons (Fsp3) is 0.462. The first-order chi connectivity index (χ1) is 8.88. The Balaban J connectivity index is 2.46. The summed E-state index contributed by atoms with van der Waals surface area (Å²) in [5.74, 6) is 0.0623. The number of carbonyl (C=O) groups is 1. The molecule has 0 aliphatic heterocycles. The highest BCUT2D eigenvalue weighted by Crippen LogP contribution is 2.24. The Hall–Kier alpha value is -1.32. The molecular formula is C13H20NO4P. The van der Waals surface area contributed by atoms with Crippen LogP contribution in [-0.4, -0.2) is 18.1 Å². The molecule has 0 aliphatic carbocycles. The molecule has 0 bridgehead atoms. The van der Waals surface area contributed by atoms with Crippen molar-refractivity contribution >= 4 is 14.1 Å². The van der Waals surface area contributed by atoms with Gasteiger partial charge in [0, 0.05) is 0 Å². The van der Waals surface area contributed by atoms with Crippen LogP contribution in [0.4, 0.5) is 0 Å². The molecule has 0 spiro atoms. The van der Waals surface area contributed by atoms with Crippen LogP contribution < -0.4 is 9.61 Å². The van der Waals surface area contributed by atoms with E-state index in [0.29, 0.717) is 5.75 Å². The van der Waals surface area contributed by atoms with Gasteiger partial charge in [-0.1, -0.05) is 17.7 Å². The molecule has 2 atom stereocenters. The van der Waals surface area contributed by atoms with Crippen LogP contribution in [0.2, 0.25) is 0 Å². The summed E-state index contributed by atoms with van der Waals surface area (Å²) in [7, 11) is -2.53. The third-order valence-electron chi connectivity index (χ3n) is 2.27. The second kappa shape index (κ2) is 7.31. The maximum atomic E-state index is 11.7. The number of esters is 1. The van der Waals surface area contributed by atoms with E-state index in [0.717, 1.165) is 5.56 Å². The summed E-state index contributed by atoms with van der Waals surface area (Å²) in [6.07, 6.45) is -0.197. The Morgan fingerprint density at radius 1 is 1.21 bits per heavy atom. The average Bonchev–Trinajstić information content (AvgIpc) is 2.31. The topological polar surface area (TPSA) is 64.6 Å². The molecule has 1 aromatic rings. The maximum absolute atomic E-state index is 11.7. The molecule has 0 heterocycles. The van der Waals surface area contributed by atoms with Crippen molar-refractivity contribution in [1.29, 1.82) is 0 Å². The minimum atomic E-state index is -2.53. The number of benzene rings is 1. The van der Waals surface area contributed by atoms with E-state index in [1.807, 2.05) is 19.1 Å². The van der Waals surface area contributed by atoms with Crippen LogP contribution in [0.5, 0.6) is 5.75 Å². The minimum Gasteiger partial charge on any atom is -0.462 e. The number of aryl methyl sites for hydroxylation is 1. The summed E-state index contributed by atoms with van der Waals surface area (Å²) in [5.41, 5.74) is 1.09. The first-order valence-electron chi connectivity index (χ1n) is 6.14. The Morgan fingerprint density at radius 2 is 1.79 bits per heavy atom. The standard InChI is InChI=1S/C13H20NO4P/c1-9(2)17-13(15)11(4)14-19(16)18-12-7-5-10(3)6-8-12/h5-9,11,19H,1-4H3,(H,14,16)/t11-/m0/s1. The summed E-state index contributed by atoms with van der Waals surface area (Å²) in [4.78, 5) is 11.5. The lowest BCUT2D eigenvalue weighted by Gasteiger charge is -2.15. The van der Waals surface area contributed by atoms with Crippen molar-refractivity contribution in [2.45, 2.75) is 39.8 Å². The third kappa shape index (κ3) is 5.90. The van der Waals surface area contributed by atoms with Gasteiger partial charge in [0.2, 0.25) is 0 Å². The largest absolute Gasteiger partial charge is 0.462 e. The van der Waals surface area contributed by atoms with E-state index in [-0.39, 0.29) is 6.10 Å². The fourth-order valence-electron chi connectivity index (χ4n) is 1.31. The van der Waals surface area contributed by atoms with Crippen LogP contribution in [0.15, 0.2) is 24.3 Å². The summed E-state index contributed by atoms with van der Waals surface area (Å²) in [5, 5.41) is 2.60. The number of nitrogens with one attached hydrogen (secondary N) is 1. The molecule has 0 saturated heterocycles. The van der Waals surface area contributed by atoms with E-state index in [9.17, 15) is 9.36 Å². The molecule has 1 N–H and O–H groups in total. The van der Waals surface area contributed by atoms with Gasteiger partial charge in [-0.25, -0.2) is 5.09 Å². The van der Waals surface area contributed by atoms with Gasteiger partial charge in [0.15, 0.2) is 0 Å². The lowest BCUT2D eigenvalue weighted by atomic mass is 10.2. The van der Waals surface area contributed by atoms with Crippen LogP contribution in [0.25, 0.3) is 0 Å². The summed E-state index contributed by atoms with van der Waals surface area (Å²) in [6.45, 7) is 7.06. The monoisotopic (exact) mass is 285 g/mol. The van der Waals surface area contributed by atoms with Crippen molar-refractivity contribution in [3.63, 3.8) is 0 Å². The molecular weight excluding hydrogens is 265 g/mol. The lowest BCUT2D eigenvalue weighted by Crippen LogP contribution is -2.33. The first kappa shape index (κ1) is 15.7. The lowest BCUT2D eigenvalue weighted by molar-refractivity contribution is -0.148. The van der Waals surface area contributed by atoms with E-state index in [4.69, 9.17) is 9.26 Å². The van der Waals surface area contributed by atoms with Crippen LogP contribution in [0.3, 0.4) is 0 Å². The second-order valence-corrected chi connectivity index (χ2v) is 5.62. The van der Waals surface area contributed by atoms with Gasteiger partial charge in [-0.15, -0.1) is 0 Å². The molecule has 6 heteroatoms. The molecule has 106 valence electrons. The third-order valence-corrected chi connectivity index (χ3v) is 3.36. The molecule has 0 amide bonds. The molecule has 5 nitrogen and oxygen atoms in total. The van der Waals surface area contributed by atoms with E-state index < -0.39 is 20.2 Å². The summed E-state index contributed by atoms with van der Waals surface area (Å²) < 4.78 is 22.0. The summed E-state index contributed by atoms with van der Waals surface area (Å²) in [6, 6.07) is 6.52. The molecule has 1 rings (SSSR count). The second-order valence-electron chi connectivity index (χ2n) is 4.55. The highest BCUT2D eigenvalue weighted by Gasteiger charge is 2.18. The number of hydrogen-bond donors (Lipinski definition) is 1. The van der Waals surface area contributed by atoms with Gasteiger partial charge in [0.1, 0.15) is 11.8 Å². The maximum Gasteiger partial charge on any atom is 0.323 e. The fourth-order valence-corrected chi connectivity index (χ4v) is 2.19. The van der Waals surface area contributed by atoms with E-state index >= 15 is 0 Å². The Bertz CT molecular complexity index is 444. The quantitative estimate of drug-likeness (QED) is 0.643. The van der Waals surface area contributed by atoms with Gasteiger partial charge >= 0.3 is 14.1 Å². The molecule has 0 saturated carbocycles. The van der Waals surface area contributed by atoms with Crippen molar-refractivity contribution in [2.75, 3.05) is 0 Å². The van der Waals surface area contributed by atoms with Crippen molar-refractivity contribution in [2.24, 2.45) is 0 Å². The number of carbonyl (C=O) groups excluding carboxylic acids is 1. The predicted octanol–water partition coefficient (Wildman–Crippen LogP) is 2.69. The van der Waals surface area contributed by atoms with Crippen molar-refractivity contribution in [3.05, 3.63) is 29.8 Å². The zero-order valence-electron chi connectivity index (χ0n) is 11.6. The zero-order valence-corrected chi connectivity index (χ0v) is 12.6. The summed E-state index contributed by atoms with van der Waals surface area (Å²) >= 11 is 0. The molecule has 19 heavy (non-hydrogen) atoms. The number of hydrogen-bond acceptors (Lipinski definition) is 4. The average molecular weight is 285 g/mol. The Kier molecular flexibility index (Phi) is 6.06. The van der Waals surface area contributed by atoms with Crippen molar-refractivity contribution < 1.29 is 18.6 Å². The van der Waals surface area contributed by atoms with E-state index in [2.05, 4.69) is 5.09 Å². The molecule has 0 fully saturated rings. The zero-order chi connectivity index (χ0) is 14.4. The van der Waals surface area contributed by atoms with Gasteiger partial charge in [-0.2, -0.15) is 0 Å². The Labute approximate surface area is 114 Å². The SMILES string of the molecule is Cc1ccc(O[PH](=O)N[C@@H](C)C(=O)OC(C)C)cc1. The van der Waals surface area contributed by atoms with Crippen LogP contribution in [-0.2, 0) is 14.1 Å². The van der Waals surface area contributed by atoms with Crippen LogP contribution in [0.1, 0.15) is 26.3 Å². The molecule has 0 aromatic heterocycles. The first-order valence-corrected chi connectivity index (χ1v) is 7.45. The normalized spacial score (nSPS) is 13.9.